The van der Waals surface area contributed by atoms with Gasteiger partial charge in [-0.2, -0.15) is 13.2 Å². The van der Waals surface area contributed by atoms with Crippen molar-refractivity contribution in [3.63, 3.8) is 0 Å². The van der Waals surface area contributed by atoms with Gasteiger partial charge in [0, 0.05) is 6.20 Å². The summed E-state index contributed by atoms with van der Waals surface area (Å²) in [5.74, 6) is 0. The maximum Gasteiger partial charge on any atom is 0.418 e. The first kappa shape index (κ1) is 16.4. The minimum Gasteiger partial charge on any atom is -0.394 e. The zero-order valence-electron chi connectivity index (χ0n) is 11.3. The molecule has 0 spiro atoms. The van der Waals surface area contributed by atoms with Crippen molar-refractivity contribution in [2.45, 2.75) is 30.7 Å². The monoisotopic (exact) mass is 353 g/mol. The largest absolute Gasteiger partial charge is 0.418 e. The number of hydrogen-bond donors (Lipinski definition) is 3. The van der Waals surface area contributed by atoms with Gasteiger partial charge in [-0.05, 0) is 0 Å². The summed E-state index contributed by atoms with van der Waals surface area (Å²) in [6.45, 7) is -0.601. The van der Waals surface area contributed by atoms with E-state index in [9.17, 15) is 23.4 Å². The molecule has 23 heavy (non-hydrogen) atoms. The second-order valence-electron chi connectivity index (χ2n) is 5.04. The Bertz CT molecular complexity index is 738. The average molecular weight is 354 g/mol. The highest BCUT2D eigenvalue weighted by atomic mass is 35.5. The van der Waals surface area contributed by atoms with Crippen LogP contribution in [0.4, 0.5) is 13.2 Å². The number of aliphatic hydroxyl groups excluding tert-OH is 3. The molecule has 2 aromatic heterocycles. The second kappa shape index (κ2) is 5.56. The van der Waals surface area contributed by atoms with Gasteiger partial charge in [0.25, 0.3) is 0 Å². The van der Waals surface area contributed by atoms with Crippen LogP contribution in [0.3, 0.4) is 0 Å². The van der Waals surface area contributed by atoms with E-state index < -0.39 is 53.4 Å². The van der Waals surface area contributed by atoms with E-state index in [4.69, 9.17) is 21.4 Å². The van der Waals surface area contributed by atoms with E-state index >= 15 is 0 Å². The maximum atomic E-state index is 13.2. The molecule has 3 rings (SSSR count). The van der Waals surface area contributed by atoms with Crippen LogP contribution in [-0.4, -0.2) is 54.8 Å². The number of alkyl halides is 3. The van der Waals surface area contributed by atoms with E-state index in [1.165, 1.54) is 0 Å². The smallest absolute Gasteiger partial charge is 0.394 e. The molecule has 0 aliphatic carbocycles. The van der Waals surface area contributed by atoms with E-state index in [1.54, 1.807) is 0 Å². The molecule has 1 aliphatic heterocycles. The highest BCUT2D eigenvalue weighted by Crippen LogP contribution is 2.41. The lowest BCUT2D eigenvalue weighted by molar-refractivity contribution is -0.136. The van der Waals surface area contributed by atoms with Crippen LogP contribution in [0.25, 0.3) is 11.0 Å². The van der Waals surface area contributed by atoms with Crippen molar-refractivity contribution in [1.29, 1.82) is 0 Å². The van der Waals surface area contributed by atoms with Crippen LogP contribution in [0, 0.1) is 0 Å². The summed E-state index contributed by atoms with van der Waals surface area (Å²) in [5.41, 5.74) is -1.29. The molecule has 3 heterocycles. The molecule has 0 saturated carbocycles. The van der Waals surface area contributed by atoms with E-state index in [0.29, 0.717) is 6.20 Å². The van der Waals surface area contributed by atoms with Crippen LogP contribution < -0.4 is 0 Å². The summed E-state index contributed by atoms with van der Waals surface area (Å²) < 4.78 is 45.7. The molecule has 1 fully saturated rings. The van der Waals surface area contributed by atoms with Crippen molar-refractivity contribution in [2.75, 3.05) is 6.61 Å². The minimum atomic E-state index is -4.73. The van der Waals surface area contributed by atoms with Crippen molar-refractivity contribution in [3.8, 4) is 0 Å². The quantitative estimate of drug-likeness (QED) is 0.688. The molecule has 0 aromatic carbocycles. The highest BCUT2D eigenvalue weighted by molar-refractivity contribution is 6.34. The average Bonchev–Trinajstić information content (AvgIpc) is 3.00. The van der Waals surface area contributed by atoms with Crippen molar-refractivity contribution in [1.82, 2.24) is 14.5 Å². The van der Waals surface area contributed by atoms with Crippen LogP contribution in [0.1, 0.15) is 11.8 Å². The number of fused-ring (bicyclic) bond motifs is 1. The molecule has 126 valence electrons. The van der Waals surface area contributed by atoms with Gasteiger partial charge in [0.15, 0.2) is 6.23 Å². The molecule has 1 aliphatic rings. The molecule has 1 saturated heterocycles. The molecule has 0 radical (unpaired) electrons. The molecule has 4 atom stereocenters. The van der Waals surface area contributed by atoms with Gasteiger partial charge in [-0.1, -0.05) is 11.6 Å². The predicted molar refractivity (Wildman–Crippen MR) is 70.5 cm³/mol. The van der Waals surface area contributed by atoms with Crippen molar-refractivity contribution in [3.05, 3.63) is 23.2 Å². The number of rotatable bonds is 2. The van der Waals surface area contributed by atoms with E-state index in [-0.39, 0.29) is 5.65 Å². The molecular weight excluding hydrogens is 343 g/mol. The maximum absolute atomic E-state index is 13.2. The van der Waals surface area contributed by atoms with Crippen LogP contribution >= 0.6 is 11.6 Å². The van der Waals surface area contributed by atoms with Crippen LogP contribution in [0.15, 0.2) is 12.5 Å². The number of nitrogens with zero attached hydrogens (tertiary/aromatic N) is 3. The Morgan fingerprint density at radius 2 is 1.96 bits per heavy atom. The molecule has 0 amide bonds. The van der Waals surface area contributed by atoms with Gasteiger partial charge in [-0.3, -0.25) is 0 Å². The molecule has 0 unspecified atom stereocenters. The number of hydrogen-bond acceptors (Lipinski definition) is 6. The summed E-state index contributed by atoms with van der Waals surface area (Å²) in [6, 6.07) is 0. The Kier molecular flexibility index (Phi) is 3.97. The summed E-state index contributed by atoms with van der Waals surface area (Å²) in [4.78, 5) is 7.30. The molecule has 2 aromatic rings. The fourth-order valence-electron chi connectivity index (χ4n) is 2.57. The van der Waals surface area contributed by atoms with Gasteiger partial charge in [0.2, 0.25) is 0 Å². The number of aliphatic hydroxyl groups is 3. The Balaban J connectivity index is 2.18. The van der Waals surface area contributed by atoms with Gasteiger partial charge < -0.3 is 24.6 Å². The van der Waals surface area contributed by atoms with Gasteiger partial charge in [0.1, 0.15) is 35.4 Å². The van der Waals surface area contributed by atoms with Crippen LogP contribution in [0.5, 0.6) is 0 Å². The number of halogens is 4. The zero-order valence-corrected chi connectivity index (χ0v) is 12.0. The van der Waals surface area contributed by atoms with Gasteiger partial charge in [-0.25, -0.2) is 9.97 Å². The number of ether oxygens (including phenoxy) is 1. The Morgan fingerprint density at radius 1 is 1.26 bits per heavy atom. The fourth-order valence-corrected chi connectivity index (χ4v) is 2.80. The molecule has 3 N–H and O–H groups in total. The molecule has 11 heteroatoms. The zero-order chi connectivity index (χ0) is 16.9. The third-order valence-corrected chi connectivity index (χ3v) is 3.95. The third kappa shape index (κ3) is 2.56. The Morgan fingerprint density at radius 3 is 2.52 bits per heavy atom. The van der Waals surface area contributed by atoms with Crippen molar-refractivity contribution < 1.29 is 33.2 Å². The lowest BCUT2D eigenvalue weighted by atomic mass is 10.1. The summed E-state index contributed by atoms with van der Waals surface area (Å²) in [6.07, 6.45) is -8.54. The summed E-state index contributed by atoms with van der Waals surface area (Å²) in [7, 11) is 0. The van der Waals surface area contributed by atoms with Crippen molar-refractivity contribution >= 4 is 22.6 Å². The topological polar surface area (TPSA) is 101 Å². The molecule has 0 bridgehead atoms. The van der Waals surface area contributed by atoms with Crippen LogP contribution in [0.2, 0.25) is 5.15 Å². The third-order valence-electron chi connectivity index (χ3n) is 3.66. The minimum absolute atomic E-state index is 0.202. The van der Waals surface area contributed by atoms with Gasteiger partial charge in [0.05, 0.1) is 17.6 Å². The lowest BCUT2D eigenvalue weighted by Gasteiger charge is -2.17. The second-order valence-corrected chi connectivity index (χ2v) is 5.40. The van der Waals surface area contributed by atoms with Crippen LogP contribution in [-0.2, 0) is 10.9 Å². The summed E-state index contributed by atoms with van der Waals surface area (Å²) >= 11 is 5.75. The van der Waals surface area contributed by atoms with Crippen molar-refractivity contribution in [2.24, 2.45) is 0 Å². The Labute approximate surface area is 131 Å². The van der Waals surface area contributed by atoms with E-state index in [2.05, 4.69) is 9.97 Å². The highest BCUT2D eigenvalue weighted by Gasteiger charge is 2.45. The Hall–Kier alpha value is -1.46. The fraction of sp³-hybridized carbons (Fsp3) is 0.500. The molecular formula is C12H11ClF3N3O4. The SMILES string of the molecule is OC[C@H]1O[C@@H](n2cc(C(F)(F)F)c3c(Cl)ncnc32)[C@H](O)[C@@H]1O. The molecule has 7 nitrogen and oxygen atoms in total. The number of aromatic nitrogens is 3. The van der Waals surface area contributed by atoms with E-state index in [0.717, 1.165) is 10.9 Å². The first-order valence-corrected chi connectivity index (χ1v) is 6.84. The first-order chi connectivity index (χ1) is 10.8. The normalized spacial score (nSPS) is 28.7. The van der Waals surface area contributed by atoms with E-state index in [1.807, 2.05) is 0 Å². The van der Waals surface area contributed by atoms with Gasteiger partial charge >= 0.3 is 6.18 Å². The predicted octanol–water partition coefficient (Wildman–Crippen LogP) is 0.715. The first-order valence-electron chi connectivity index (χ1n) is 6.46. The van der Waals surface area contributed by atoms with Gasteiger partial charge in [-0.15, -0.1) is 0 Å². The summed E-state index contributed by atoms with van der Waals surface area (Å²) in [5, 5.41) is 28.0. The standard InChI is InChI=1S/C12H11ClF3N3O4/c13-9-6-4(12(14,15)16)1-19(10(6)18-3-17-9)11-8(22)7(21)5(2-20)23-11/h1,3,5,7-8,11,20-22H,2H2/t5-,7-,8-,11-/m1/s1. The lowest BCUT2D eigenvalue weighted by Crippen LogP contribution is -2.33.